The van der Waals surface area contributed by atoms with Crippen molar-refractivity contribution in [3.05, 3.63) is 129 Å². The molecule has 1 aromatic heterocycles. The largest absolute Gasteiger partial charge is 0.487 e. The van der Waals surface area contributed by atoms with Gasteiger partial charge in [0, 0.05) is 32.8 Å². The molecule has 0 bridgehead atoms. The van der Waals surface area contributed by atoms with Crippen molar-refractivity contribution in [2.75, 3.05) is 5.32 Å². The summed E-state index contributed by atoms with van der Waals surface area (Å²) in [6, 6.07) is 28.1. The normalized spacial score (nSPS) is 11.0. The molecule has 6 nitrogen and oxygen atoms in total. The van der Waals surface area contributed by atoms with Crippen LogP contribution < -0.4 is 15.5 Å². The highest BCUT2D eigenvalue weighted by Crippen LogP contribution is 2.28. The van der Waals surface area contributed by atoms with Gasteiger partial charge < -0.3 is 10.1 Å². The fourth-order valence-electron chi connectivity index (χ4n) is 3.73. The van der Waals surface area contributed by atoms with E-state index >= 15 is 0 Å². The number of nitrogens with one attached hydrogen (secondary N) is 2. The lowest BCUT2D eigenvalue weighted by atomic mass is 10.1. The van der Waals surface area contributed by atoms with Crippen molar-refractivity contribution >= 4 is 57.5 Å². The molecule has 0 spiro atoms. The third-order valence-electron chi connectivity index (χ3n) is 5.93. The van der Waals surface area contributed by atoms with Gasteiger partial charge in [0.05, 0.1) is 16.9 Å². The van der Waals surface area contributed by atoms with E-state index in [2.05, 4.69) is 39.9 Å². The highest BCUT2D eigenvalue weighted by Gasteiger charge is 2.09. The molecule has 0 aliphatic heterocycles. The molecular formula is C31H24Cl2N4O2S. The quantitative estimate of drug-likeness (QED) is 0.134. The minimum Gasteiger partial charge on any atom is -0.487 e. The van der Waals surface area contributed by atoms with E-state index in [4.69, 9.17) is 27.9 Å². The Labute approximate surface area is 246 Å². The number of benzene rings is 4. The van der Waals surface area contributed by atoms with E-state index in [9.17, 15) is 4.79 Å². The van der Waals surface area contributed by atoms with E-state index in [0.717, 1.165) is 27.6 Å². The lowest BCUT2D eigenvalue weighted by molar-refractivity contribution is 0.0955. The van der Waals surface area contributed by atoms with E-state index in [1.165, 1.54) is 23.1 Å². The number of halogens is 2. The fraction of sp³-hybridized carbons (Fsp3) is 0.0645. The van der Waals surface area contributed by atoms with Gasteiger partial charge >= 0.3 is 0 Å². The number of carbonyl (C=O) groups is 1. The Kier molecular flexibility index (Phi) is 8.76. The molecule has 1 heterocycles. The average Bonchev–Trinajstić information content (AvgIpc) is 3.43. The van der Waals surface area contributed by atoms with Crippen molar-refractivity contribution in [2.24, 2.45) is 5.10 Å². The Morgan fingerprint density at radius 2 is 1.75 bits per heavy atom. The second kappa shape index (κ2) is 12.8. The predicted molar refractivity (Wildman–Crippen MR) is 164 cm³/mol. The lowest BCUT2D eigenvalue weighted by Gasteiger charge is -2.09. The number of thiazole rings is 1. The number of carbonyl (C=O) groups excluding carboxylic acids is 1. The number of aromatic nitrogens is 1. The SMILES string of the molecule is Cc1ccc(Nc2nc(-c3ccc(C(=O)N/N=C\c4ccc(OCc5ccccc5Cl)c(Cl)c4)cc3)cs2)cc1. The van der Waals surface area contributed by atoms with E-state index in [0.29, 0.717) is 33.5 Å². The highest BCUT2D eigenvalue weighted by molar-refractivity contribution is 7.14. The van der Waals surface area contributed by atoms with Crippen LogP contribution in [-0.2, 0) is 6.61 Å². The van der Waals surface area contributed by atoms with E-state index < -0.39 is 0 Å². The van der Waals surface area contributed by atoms with Crippen LogP contribution in [0.2, 0.25) is 10.0 Å². The van der Waals surface area contributed by atoms with Crippen molar-refractivity contribution in [3.63, 3.8) is 0 Å². The lowest BCUT2D eigenvalue weighted by Crippen LogP contribution is -2.17. The second-order valence-electron chi connectivity index (χ2n) is 8.88. The van der Waals surface area contributed by atoms with Crippen LogP contribution in [0.1, 0.15) is 27.0 Å². The summed E-state index contributed by atoms with van der Waals surface area (Å²) in [4.78, 5) is 17.2. The number of hydrogen-bond acceptors (Lipinski definition) is 6. The van der Waals surface area contributed by atoms with E-state index in [1.807, 2.05) is 53.9 Å². The molecule has 0 saturated carbocycles. The number of ether oxygens (including phenoxy) is 1. The number of hydrogen-bond donors (Lipinski definition) is 2. The van der Waals surface area contributed by atoms with Gasteiger partial charge in [-0.05, 0) is 61.0 Å². The van der Waals surface area contributed by atoms with Crippen molar-refractivity contribution in [3.8, 4) is 17.0 Å². The number of rotatable bonds is 9. The maximum absolute atomic E-state index is 12.6. The molecule has 0 radical (unpaired) electrons. The van der Waals surface area contributed by atoms with Gasteiger partial charge in [-0.3, -0.25) is 4.79 Å². The van der Waals surface area contributed by atoms with Crippen molar-refractivity contribution in [1.29, 1.82) is 0 Å². The van der Waals surface area contributed by atoms with Crippen LogP contribution in [0.3, 0.4) is 0 Å². The zero-order valence-electron chi connectivity index (χ0n) is 21.4. The molecule has 0 atom stereocenters. The third kappa shape index (κ3) is 7.07. The van der Waals surface area contributed by atoms with Gasteiger partial charge in [-0.15, -0.1) is 11.3 Å². The van der Waals surface area contributed by atoms with Gasteiger partial charge in [-0.2, -0.15) is 5.10 Å². The van der Waals surface area contributed by atoms with E-state index in [1.54, 1.807) is 30.3 Å². The van der Waals surface area contributed by atoms with Crippen LogP contribution in [0.15, 0.2) is 101 Å². The summed E-state index contributed by atoms with van der Waals surface area (Å²) in [5.41, 5.74) is 8.55. The first kappa shape index (κ1) is 27.4. The molecular weight excluding hydrogens is 563 g/mol. The van der Waals surface area contributed by atoms with Gasteiger partial charge in [0.25, 0.3) is 5.91 Å². The highest BCUT2D eigenvalue weighted by atomic mass is 35.5. The van der Waals surface area contributed by atoms with Crippen LogP contribution in [0.4, 0.5) is 10.8 Å². The Morgan fingerprint density at radius 1 is 0.975 bits per heavy atom. The summed E-state index contributed by atoms with van der Waals surface area (Å²) in [6.07, 6.45) is 1.52. The summed E-state index contributed by atoms with van der Waals surface area (Å²) < 4.78 is 5.79. The Bertz CT molecular complexity index is 1650. The van der Waals surface area contributed by atoms with E-state index in [-0.39, 0.29) is 5.91 Å². The summed E-state index contributed by atoms with van der Waals surface area (Å²) in [5, 5.41) is 11.2. The molecule has 0 aliphatic rings. The number of amides is 1. The Balaban J connectivity index is 1.14. The summed E-state index contributed by atoms with van der Waals surface area (Å²) in [6.45, 7) is 2.35. The van der Waals surface area contributed by atoms with Gasteiger partial charge in [-0.25, -0.2) is 10.4 Å². The monoisotopic (exact) mass is 586 g/mol. The van der Waals surface area contributed by atoms with Crippen LogP contribution >= 0.6 is 34.5 Å². The predicted octanol–water partition coefficient (Wildman–Crippen LogP) is 8.51. The molecule has 0 unspecified atom stereocenters. The van der Waals surface area contributed by atoms with Gasteiger partial charge in [0.1, 0.15) is 12.4 Å². The second-order valence-corrected chi connectivity index (χ2v) is 10.5. The summed E-state index contributed by atoms with van der Waals surface area (Å²) in [5.74, 6) is 0.203. The topological polar surface area (TPSA) is 75.6 Å². The first-order chi connectivity index (χ1) is 19.4. The molecule has 0 saturated heterocycles. The number of nitrogens with zero attached hydrogens (tertiary/aromatic N) is 2. The number of anilines is 2. The number of aryl methyl sites for hydroxylation is 1. The Morgan fingerprint density at radius 3 is 2.50 bits per heavy atom. The summed E-state index contributed by atoms with van der Waals surface area (Å²) in [7, 11) is 0. The van der Waals surface area contributed by atoms with Crippen LogP contribution in [0, 0.1) is 6.92 Å². The zero-order valence-corrected chi connectivity index (χ0v) is 23.7. The molecule has 200 valence electrons. The average molecular weight is 588 g/mol. The smallest absolute Gasteiger partial charge is 0.271 e. The number of hydrazone groups is 1. The Hall–Kier alpha value is -4.17. The molecule has 0 aliphatic carbocycles. The fourth-order valence-corrected chi connectivity index (χ4v) is 4.91. The van der Waals surface area contributed by atoms with Crippen LogP contribution in [0.5, 0.6) is 5.75 Å². The molecule has 40 heavy (non-hydrogen) atoms. The standard InChI is InChI=1S/C31H24Cl2N4O2S/c1-20-6-13-25(14-7-20)35-31-36-28(19-40-31)22-9-11-23(12-10-22)30(38)37-34-17-21-8-15-29(27(33)16-21)39-18-24-4-2-3-5-26(24)32/h2-17,19H,18H2,1H3,(H,35,36)(H,37,38)/b34-17-. The van der Waals surface area contributed by atoms with Gasteiger partial charge in [-0.1, -0.05) is 71.2 Å². The van der Waals surface area contributed by atoms with Crippen LogP contribution in [-0.4, -0.2) is 17.1 Å². The molecule has 4 aromatic carbocycles. The molecule has 5 aromatic rings. The third-order valence-corrected chi connectivity index (χ3v) is 7.35. The molecule has 9 heteroatoms. The first-order valence-electron chi connectivity index (χ1n) is 12.3. The minimum absolute atomic E-state index is 0.301. The van der Waals surface area contributed by atoms with Crippen molar-refractivity contribution in [2.45, 2.75) is 13.5 Å². The van der Waals surface area contributed by atoms with Crippen molar-refractivity contribution in [1.82, 2.24) is 10.4 Å². The van der Waals surface area contributed by atoms with Crippen molar-refractivity contribution < 1.29 is 9.53 Å². The summed E-state index contributed by atoms with van der Waals surface area (Å²) >= 11 is 14.1. The van der Waals surface area contributed by atoms with Crippen LogP contribution in [0.25, 0.3) is 11.3 Å². The molecule has 2 N–H and O–H groups in total. The molecule has 5 rings (SSSR count). The maximum atomic E-state index is 12.6. The van der Waals surface area contributed by atoms with Gasteiger partial charge in [0.15, 0.2) is 5.13 Å². The maximum Gasteiger partial charge on any atom is 0.271 e. The minimum atomic E-state index is -0.325. The van der Waals surface area contributed by atoms with Gasteiger partial charge in [0.2, 0.25) is 0 Å². The molecule has 0 fully saturated rings. The zero-order chi connectivity index (χ0) is 27.9. The first-order valence-corrected chi connectivity index (χ1v) is 14.0. The molecule has 1 amide bonds.